The number of ketones is 1. The monoisotopic (exact) mass is 927 g/mol. The molecule has 1 aliphatic carbocycles. The van der Waals surface area contributed by atoms with E-state index in [2.05, 4.69) is 48.1 Å². The topological polar surface area (TPSA) is 165 Å². The van der Waals surface area contributed by atoms with Gasteiger partial charge in [0.1, 0.15) is 29.8 Å². The number of carbonyl (C=O) groups is 3. The fraction of sp³-hybridized carbons (Fsp3) is 0.582. The van der Waals surface area contributed by atoms with Crippen molar-refractivity contribution in [2.24, 2.45) is 41.2 Å². The maximum absolute atomic E-state index is 15.1. The number of esters is 2. The van der Waals surface area contributed by atoms with E-state index in [4.69, 9.17) is 30.5 Å². The molecular formula is C55H76MgN5O6-. The molecule has 67 heavy (non-hydrogen) atoms. The van der Waals surface area contributed by atoms with Gasteiger partial charge in [-0.05, 0) is 94.4 Å². The van der Waals surface area contributed by atoms with E-state index in [1.807, 2.05) is 45.1 Å². The molecule has 0 saturated carbocycles. The van der Waals surface area contributed by atoms with Crippen molar-refractivity contribution in [1.29, 1.82) is 0 Å². The molecule has 0 amide bonds. The summed E-state index contributed by atoms with van der Waals surface area (Å²) in [5.74, 6) is -1.83. The molecule has 360 valence electrons. The number of fused-ring (bicyclic) bond motifs is 8. The number of aromatic nitrogens is 2. The fourth-order valence-corrected chi connectivity index (χ4v) is 11.0. The van der Waals surface area contributed by atoms with Gasteiger partial charge in [0.15, 0.2) is 5.78 Å². The molecule has 1 fully saturated rings. The van der Waals surface area contributed by atoms with Crippen LogP contribution in [0.2, 0.25) is 0 Å². The van der Waals surface area contributed by atoms with Gasteiger partial charge in [0.2, 0.25) is 0 Å². The molecule has 0 aromatic carbocycles. The molecule has 2 unspecified atom stereocenters. The third-order valence-corrected chi connectivity index (χ3v) is 15.3. The van der Waals surface area contributed by atoms with Gasteiger partial charge >= 0.3 is 35.0 Å². The van der Waals surface area contributed by atoms with Crippen molar-refractivity contribution >= 4 is 65.1 Å². The first kappa shape index (κ1) is 54.0. The Kier molecular flexibility index (Phi) is 18.6. The second kappa shape index (κ2) is 23.1. The van der Waals surface area contributed by atoms with Crippen LogP contribution in [-0.2, 0) is 30.3 Å². The standard InChI is InChI=1S/C55H76N5O6.Mg/c1-13-39-35(8)42-28-45-40(14-2)36(9)43(58-45)30-47-37(10)41(24-25-48(61)66-27-26-34(7)23-17-22-33(6)21-16-20-32(5)19-15-18-31(3)4)51(60(47)64)49-50(54(63)65-12)53(62)55(56)38(11)44(59-52(49)55)29-46(39)57-42;/h14,26,28-33,37,41,50-51,60H,2,13,15-25,27,56H2,1,3-12H3;/q-3;+2/b34-26+,42-28-,46-29-,47-30-;/t32-,33-,37+,41+,50-,51?,55+;/m1./s1. The van der Waals surface area contributed by atoms with Crippen molar-refractivity contribution in [2.75, 3.05) is 13.7 Å². The zero-order valence-corrected chi connectivity index (χ0v) is 43.8. The molecule has 5 heterocycles. The zero-order chi connectivity index (χ0) is 48.2. The van der Waals surface area contributed by atoms with Crippen molar-refractivity contribution in [3.63, 3.8) is 0 Å². The van der Waals surface area contributed by atoms with Crippen LogP contribution >= 0.6 is 0 Å². The number of Topliss-reactive ketones (excluding diaryl/α,β-unsaturated/α-hetero) is 1. The normalized spacial score (nSPS) is 26.0. The van der Waals surface area contributed by atoms with Gasteiger partial charge < -0.3 is 40.8 Å². The van der Waals surface area contributed by atoms with Crippen LogP contribution in [0.3, 0.4) is 0 Å². The van der Waals surface area contributed by atoms with Gasteiger partial charge in [-0.3, -0.25) is 14.4 Å². The number of methoxy groups -OCH3 is 1. The van der Waals surface area contributed by atoms with Crippen LogP contribution in [0.5, 0.6) is 0 Å². The molecule has 11 nitrogen and oxygen atoms in total. The molecule has 2 aromatic heterocycles. The van der Waals surface area contributed by atoms with Gasteiger partial charge in [0.05, 0.1) is 7.11 Å². The van der Waals surface area contributed by atoms with E-state index in [0.29, 0.717) is 46.0 Å². The molecule has 2 aromatic rings. The van der Waals surface area contributed by atoms with Crippen LogP contribution < -0.4 is 31.5 Å². The van der Waals surface area contributed by atoms with E-state index >= 15 is 5.21 Å². The summed E-state index contributed by atoms with van der Waals surface area (Å²) in [6, 6.07) is -0.990. The Hall–Kier alpha value is -3.94. The van der Waals surface area contributed by atoms with Crippen molar-refractivity contribution < 1.29 is 28.9 Å². The number of hydrogen-bond donors (Lipinski definition) is 2. The number of hydroxylamine groups is 2. The Morgan fingerprint density at radius 1 is 0.940 bits per heavy atom. The first-order valence-corrected chi connectivity index (χ1v) is 24.7. The number of quaternary nitrogens is 1. The van der Waals surface area contributed by atoms with Crippen LogP contribution in [-0.4, -0.2) is 66.1 Å². The summed E-state index contributed by atoms with van der Waals surface area (Å²) in [4.78, 5) is 51.9. The number of rotatable bonds is 20. The smallest absolute Gasteiger partial charge is 0.659 e. The van der Waals surface area contributed by atoms with Gasteiger partial charge in [-0.2, -0.15) is 0 Å². The minimum Gasteiger partial charge on any atom is -0.659 e. The van der Waals surface area contributed by atoms with Crippen molar-refractivity contribution in [3.8, 4) is 0 Å². The number of nitrogens with two attached hydrogens (primary N) is 1. The van der Waals surface area contributed by atoms with Crippen LogP contribution in [0, 0.1) is 54.6 Å². The zero-order valence-electron chi connectivity index (χ0n) is 42.4. The third-order valence-electron chi connectivity index (χ3n) is 15.3. The maximum Gasteiger partial charge on any atom is 2.00 e. The van der Waals surface area contributed by atoms with Crippen molar-refractivity contribution in [1.82, 2.24) is 9.97 Å². The first-order valence-electron chi connectivity index (χ1n) is 24.7. The summed E-state index contributed by atoms with van der Waals surface area (Å²) < 4.78 is 11.0. The average molecular weight is 928 g/mol. The maximum atomic E-state index is 15.1. The van der Waals surface area contributed by atoms with Crippen molar-refractivity contribution in [3.05, 3.63) is 101 Å². The summed E-state index contributed by atoms with van der Waals surface area (Å²) in [5, 5.41) is 21.3. The van der Waals surface area contributed by atoms with Gasteiger partial charge in [-0.25, -0.2) is 0 Å². The van der Waals surface area contributed by atoms with Gasteiger partial charge in [-0.1, -0.05) is 139 Å². The molecule has 12 heteroatoms. The molecule has 0 radical (unpaired) electrons. The average Bonchev–Trinajstić information content (AvgIpc) is 3.96. The van der Waals surface area contributed by atoms with Crippen LogP contribution in [0.25, 0.3) is 29.6 Å². The number of nitrogens with zero attached hydrogens (tertiary/aromatic N) is 3. The van der Waals surface area contributed by atoms with Gasteiger partial charge in [-0.15, -0.1) is 33.5 Å². The number of ether oxygens (including phenoxy) is 2. The Morgan fingerprint density at radius 2 is 1.60 bits per heavy atom. The summed E-state index contributed by atoms with van der Waals surface area (Å²) in [6.07, 6.45) is 21.5. The first-order chi connectivity index (χ1) is 31.4. The van der Waals surface area contributed by atoms with Gasteiger partial charge in [0.25, 0.3) is 0 Å². The van der Waals surface area contributed by atoms with E-state index in [1.54, 1.807) is 13.0 Å². The molecule has 1 saturated heterocycles. The molecule has 8 bridgehead atoms. The number of hydrogen-bond acceptors (Lipinski definition) is 7. The molecular weight excluding hydrogens is 851 g/mol. The number of allylic oxidation sites excluding steroid dienone is 3. The second-order valence-corrected chi connectivity index (χ2v) is 20.3. The Balaban J connectivity index is 0.00000840. The molecule has 4 aliphatic rings. The van der Waals surface area contributed by atoms with Crippen molar-refractivity contribution in [2.45, 2.75) is 158 Å². The Morgan fingerprint density at radius 3 is 2.22 bits per heavy atom. The van der Waals surface area contributed by atoms with E-state index in [-0.39, 0.29) is 64.8 Å². The summed E-state index contributed by atoms with van der Waals surface area (Å²) in [5.41, 5.74) is 13.4. The summed E-state index contributed by atoms with van der Waals surface area (Å²) in [7, 11) is 1.23. The molecule has 3 aliphatic heterocycles. The van der Waals surface area contributed by atoms with Gasteiger partial charge in [0, 0.05) is 18.3 Å². The summed E-state index contributed by atoms with van der Waals surface area (Å²) in [6.45, 7) is 25.5. The summed E-state index contributed by atoms with van der Waals surface area (Å²) >= 11 is 0. The molecule has 8 atom stereocenters. The molecule has 3 N–H and O–H groups in total. The number of nitrogens with one attached hydrogen (secondary N) is 1. The quantitative estimate of drug-likeness (QED) is 0.0445. The molecule has 0 spiro atoms. The SMILES string of the molecule is C=Cc1c2[n-]c(c1C)/C=C1/[C@@H](C)[C@H](CCC(=O)OC/C=C(\C)CCC[C@H](C)CCC[C@H](C)CCCC(C)C)C(C3=C4[N-]C(=C(C)[C@@]4(N)C(=O)[C@@H]3C(=O)OC)/C=c3\[n-]/c(c(C)c3CC)=C\2)[NH+]1[O-].[Mg+2]. The third kappa shape index (κ3) is 11.2. The fourth-order valence-electron chi connectivity index (χ4n) is 11.0. The van der Waals surface area contributed by atoms with E-state index in [1.165, 1.54) is 57.6 Å². The van der Waals surface area contributed by atoms with Crippen LogP contribution in [0.4, 0.5) is 0 Å². The molecule has 6 rings (SSSR count). The van der Waals surface area contributed by atoms with E-state index < -0.39 is 41.1 Å². The van der Waals surface area contributed by atoms with Crippen LogP contribution in [0.1, 0.15) is 160 Å². The second-order valence-electron chi connectivity index (χ2n) is 20.3. The van der Waals surface area contributed by atoms with E-state index in [0.717, 1.165) is 52.3 Å². The Labute approximate surface area is 416 Å². The van der Waals surface area contributed by atoms with Crippen LogP contribution in [0.15, 0.2) is 46.5 Å². The Bertz CT molecular complexity index is 2430. The largest absolute Gasteiger partial charge is 2.00 e. The predicted molar refractivity (Wildman–Crippen MR) is 269 cm³/mol. The minimum absolute atomic E-state index is 0. The predicted octanol–water partition coefficient (Wildman–Crippen LogP) is 7.72. The minimum atomic E-state index is -1.76. The number of carbonyl (C=O) groups excluding carboxylic acids is 3. The van der Waals surface area contributed by atoms with E-state index in [9.17, 15) is 14.4 Å².